The molecule has 22 heavy (non-hydrogen) atoms. The van der Waals surface area contributed by atoms with Gasteiger partial charge in [0.25, 0.3) is 5.56 Å². The Hall–Kier alpha value is -1.96. The van der Waals surface area contributed by atoms with Gasteiger partial charge in [0, 0.05) is 25.9 Å². The molecule has 1 heterocycles. The lowest BCUT2D eigenvalue weighted by atomic mass is 10.2. The summed E-state index contributed by atoms with van der Waals surface area (Å²) in [4.78, 5) is 35.9. The zero-order chi connectivity index (χ0) is 17.1. The summed E-state index contributed by atoms with van der Waals surface area (Å²) in [6, 6.07) is 1.28. The quantitative estimate of drug-likeness (QED) is 0.748. The van der Waals surface area contributed by atoms with Crippen molar-refractivity contribution in [3.8, 4) is 0 Å². The van der Waals surface area contributed by atoms with Crippen molar-refractivity contribution in [1.82, 2.24) is 9.55 Å². The predicted octanol–water partition coefficient (Wildman–Crippen LogP) is 0.727. The minimum Gasteiger partial charge on any atom is -0.463 e. The summed E-state index contributed by atoms with van der Waals surface area (Å²) in [6.45, 7) is 4.02. The van der Waals surface area contributed by atoms with Crippen LogP contribution in [-0.4, -0.2) is 42.5 Å². The first-order valence-corrected chi connectivity index (χ1v) is 6.81. The summed E-state index contributed by atoms with van der Waals surface area (Å²) in [5.41, 5.74) is -0.896. The second-order valence-corrected chi connectivity index (χ2v) is 4.73. The molecule has 0 amide bonds. The average Bonchev–Trinajstić information content (AvgIpc) is 2.50. The maximum absolute atomic E-state index is 11.5. The highest BCUT2D eigenvalue weighted by molar-refractivity contribution is 5.71. The number of nitrogens with one attached hydrogen (secondary N) is 1. The predicted molar refractivity (Wildman–Crippen MR) is 79.6 cm³/mol. The largest absolute Gasteiger partial charge is 0.463 e. The molecule has 0 spiro atoms. The van der Waals surface area contributed by atoms with Crippen LogP contribution in [0.25, 0.3) is 0 Å². The molecule has 0 radical (unpaired) electrons. The molecule has 0 bridgehead atoms. The van der Waals surface area contributed by atoms with Gasteiger partial charge < -0.3 is 14.0 Å². The van der Waals surface area contributed by atoms with Crippen LogP contribution < -0.4 is 11.2 Å². The monoisotopic (exact) mass is 318 g/mol. The molecule has 7 nitrogen and oxygen atoms in total. The highest BCUT2D eigenvalue weighted by atomic mass is 19.1. The van der Waals surface area contributed by atoms with Gasteiger partial charge in [0.05, 0.1) is 19.2 Å². The second kappa shape index (κ2) is 10.7. The summed E-state index contributed by atoms with van der Waals surface area (Å²) < 4.78 is 21.2. The van der Waals surface area contributed by atoms with Crippen molar-refractivity contribution >= 4 is 5.97 Å². The number of carbonyl (C=O) groups excluding carboxylic acids is 1. The molecule has 0 aliphatic heterocycles. The molecule has 1 unspecified atom stereocenters. The Bertz CT molecular complexity index is 553. The van der Waals surface area contributed by atoms with E-state index in [1.807, 2.05) is 0 Å². The van der Waals surface area contributed by atoms with E-state index in [-0.39, 0.29) is 24.6 Å². The van der Waals surface area contributed by atoms with Crippen molar-refractivity contribution in [2.45, 2.75) is 32.9 Å². The Balaban J connectivity index is 0.00000211. The molecule has 1 atom stereocenters. The van der Waals surface area contributed by atoms with E-state index < -0.39 is 11.2 Å². The minimum absolute atomic E-state index is 0.144. The van der Waals surface area contributed by atoms with Crippen LogP contribution in [0.1, 0.15) is 20.3 Å². The second-order valence-electron chi connectivity index (χ2n) is 4.73. The molecule has 0 aromatic carbocycles. The average molecular weight is 318 g/mol. The molecule has 8 heteroatoms. The number of rotatable bonds is 7. The van der Waals surface area contributed by atoms with E-state index in [1.54, 1.807) is 13.8 Å². The Morgan fingerprint density at radius 1 is 1.36 bits per heavy atom. The van der Waals surface area contributed by atoms with Gasteiger partial charge in [-0.1, -0.05) is 13.8 Å². The van der Waals surface area contributed by atoms with Crippen molar-refractivity contribution in [1.29, 1.82) is 0 Å². The van der Waals surface area contributed by atoms with Gasteiger partial charge in [-0.25, -0.2) is 4.79 Å². The van der Waals surface area contributed by atoms with E-state index in [0.717, 1.165) is 0 Å². The number of hydrogen-bond acceptors (Lipinski definition) is 5. The van der Waals surface area contributed by atoms with E-state index in [1.165, 1.54) is 23.9 Å². The molecule has 126 valence electrons. The lowest BCUT2D eigenvalue weighted by Crippen LogP contribution is -2.31. The molecule has 1 rings (SSSR count). The van der Waals surface area contributed by atoms with Crippen LogP contribution in [0, 0.1) is 5.92 Å². The van der Waals surface area contributed by atoms with Gasteiger partial charge in [0.15, 0.2) is 0 Å². The zero-order valence-electron chi connectivity index (χ0n) is 13.3. The van der Waals surface area contributed by atoms with E-state index in [9.17, 15) is 18.8 Å². The highest BCUT2D eigenvalue weighted by Crippen LogP contribution is 2.03. The van der Waals surface area contributed by atoms with E-state index in [4.69, 9.17) is 9.47 Å². The van der Waals surface area contributed by atoms with Gasteiger partial charge in [-0.3, -0.25) is 19.0 Å². The number of aromatic amines is 1. The van der Waals surface area contributed by atoms with Gasteiger partial charge in [0.1, 0.15) is 6.61 Å². The molecule has 0 aliphatic rings. The lowest BCUT2D eigenvalue weighted by Gasteiger charge is -2.16. The number of aromatic nitrogens is 2. The number of nitrogens with zero attached hydrogens (tertiary/aromatic N) is 1. The third-order valence-corrected chi connectivity index (χ3v) is 2.81. The number of hydrogen-bond donors (Lipinski definition) is 1. The van der Waals surface area contributed by atoms with Gasteiger partial charge in [0.2, 0.25) is 0 Å². The number of halogens is 1. The number of H-pyrrole nitrogens is 1. The van der Waals surface area contributed by atoms with Crippen LogP contribution >= 0.6 is 0 Å². The fraction of sp³-hybridized carbons (Fsp3) is 0.643. The lowest BCUT2D eigenvalue weighted by molar-refractivity contribution is -0.151. The maximum Gasteiger partial charge on any atom is 0.328 e. The Labute approximate surface area is 128 Å². The number of ether oxygens (including phenoxy) is 2. The maximum atomic E-state index is 11.5. The number of carbonyl (C=O) groups is 1. The molecule has 0 fully saturated rings. The molecule has 1 aromatic rings. The van der Waals surface area contributed by atoms with Crippen LogP contribution in [0.3, 0.4) is 0 Å². The van der Waals surface area contributed by atoms with Crippen LogP contribution in [0.4, 0.5) is 4.39 Å². The normalized spacial score (nSPS) is 11.5. The summed E-state index contributed by atoms with van der Waals surface area (Å²) in [7, 11) is 2.02. The zero-order valence-corrected chi connectivity index (χ0v) is 13.3. The van der Waals surface area contributed by atoms with Gasteiger partial charge in [-0.15, -0.1) is 0 Å². The smallest absolute Gasteiger partial charge is 0.328 e. The first-order chi connectivity index (χ1) is 10.4. The van der Waals surface area contributed by atoms with Crippen LogP contribution in [0.5, 0.6) is 0 Å². The van der Waals surface area contributed by atoms with Crippen molar-refractivity contribution in [2.24, 2.45) is 5.92 Å². The van der Waals surface area contributed by atoms with Crippen molar-refractivity contribution in [2.75, 3.05) is 20.9 Å². The van der Waals surface area contributed by atoms with Gasteiger partial charge >= 0.3 is 11.7 Å². The van der Waals surface area contributed by atoms with E-state index in [0.29, 0.717) is 20.1 Å². The number of esters is 1. The highest BCUT2D eigenvalue weighted by Gasteiger charge is 2.14. The summed E-state index contributed by atoms with van der Waals surface area (Å²) in [5.74, 6) is -0.470. The standard InChI is InChI=1S/C13H20N2O5.CH3F/c1-9(2)12(17)20-8-10(19-3)4-6-15-7-5-11(16)14-13(15)18;1-2/h5,7,9-10H,4,6,8H2,1-3H3,(H,14,16,18);1H3. The van der Waals surface area contributed by atoms with Crippen LogP contribution in [-0.2, 0) is 20.8 Å². The molecule has 1 aromatic heterocycles. The SMILES string of the molecule is CF.COC(CCn1ccc(=O)[nH]c1=O)COC(=O)C(C)C. The van der Waals surface area contributed by atoms with Gasteiger partial charge in [-0.05, 0) is 6.42 Å². The van der Waals surface area contributed by atoms with Crippen LogP contribution in [0.2, 0.25) is 0 Å². The Kier molecular flexibility index (Phi) is 9.77. The number of aryl methyl sites for hydroxylation is 1. The molecule has 0 aliphatic carbocycles. The van der Waals surface area contributed by atoms with Crippen molar-refractivity contribution in [3.05, 3.63) is 33.1 Å². The molecular formula is C14H23FN2O5. The first-order valence-electron chi connectivity index (χ1n) is 6.81. The van der Waals surface area contributed by atoms with Crippen molar-refractivity contribution < 1.29 is 18.7 Å². The Morgan fingerprint density at radius 3 is 2.50 bits per heavy atom. The Morgan fingerprint density at radius 2 is 2.00 bits per heavy atom. The fourth-order valence-corrected chi connectivity index (χ4v) is 1.51. The minimum atomic E-state index is -0.466. The molecule has 0 saturated carbocycles. The third-order valence-electron chi connectivity index (χ3n) is 2.81. The fourth-order valence-electron chi connectivity index (χ4n) is 1.51. The number of alkyl halides is 1. The summed E-state index contributed by atoms with van der Waals surface area (Å²) >= 11 is 0. The third kappa shape index (κ3) is 7.16. The first kappa shape index (κ1) is 20.0. The molecule has 0 saturated heterocycles. The molecular weight excluding hydrogens is 295 g/mol. The topological polar surface area (TPSA) is 90.4 Å². The number of methoxy groups -OCH3 is 1. The van der Waals surface area contributed by atoms with Crippen molar-refractivity contribution in [3.63, 3.8) is 0 Å². The summed E-state index contributed by atoms with van der Waals surface area (Å²) in [6.07, 6.45) is 1.62. The molecule has 1 N–H and O–H groups in total. The van der Waals surface area contributed by atoms with E-state index >= 15 is 0 Å². The summed E-state index contributed by atoms with van der Waals surface area (Å²) in [5, 5.41) is 0. The van der Waals surface area contributed by atoms with Crippen LogP contribution in [0.15, 0.2) is 21.9 Å². The van der Waals surface area contributed by atoms with Gasteiger partial charge in [-0.2, -0.15) is 0 Å². The van der Waals surface area contributed by atoms with E-state index in [2.05, 4.69) is 4.98 Å².